The fraction of sp³-hybridized carbons (Fsp3) is 0.900. The molecule has 0 amide bonds. The van der Waals surface area contributed by atoms with Gasteiger partial charge in [-0.05, 0) is 19.2 Å². The summed E-state index contributed by atoms with van der Waals surface area (Å²) in [4.78, 5) is 10.8. The van der Waals surface area contributed by atoms with Crippen molar-refractivity contribution in [2.24, 2.45) is 11.6 Å². The number of carboxylic acid groups (broad SMARTS) is 1. The molecule has 1 aliphatic carbocycles. The van der Waals surface area contributed by atoms with Gasteiger partial charge in [0.1, 0.15) is 5.54 Å². The Balaban J connectivity index is 2.61. The van der Waals surface area contributed by atoms with Crippen LogP contribution in [0.15, 0.2) is 0 Å². The Hall–Kier alpha value is -0.570. The van der Waals surface area contributed by atoms with Gasteiger partial charge in [-0.25, -0.2) is 0 Å². The van der Waals surface area contributed by atoms with Crippen LogP contribution < -0.4 is 5.73 Å². The molecule has 0 aromatic rings. The van der Waals surface area contributed by atoms with E-state index in [0.717, 1.165) is 32.1 Å². The molecule has 0 spiro atoms. The van der Waals surface area contributed by atoms with E-state index in [1.54, 1.807) is 0 Å². The first-order chi connectivity index (χ1) is 6.36. The zero-order valence-electron chi connectivity index (χ0n) is 9.18. The zero-order valence-corrected chi connectivity index (χ0v) is 8.18. The highest BCUT2D eigenvalue weighted by Gasteiger charge is 2.31. The van der Waals surface area contributed by atoms with Crippen molar-refractivity contribution in [1.82, 2.24) is 0 Å². The second kappa shape index (κ2) is 4.09. The first-order valence-electron chi connectivity index (χ1n) is 5.38. The number of hydrogen-bond acceptors (Lipinski definition) is 2. The van der Waals surface area contributed by atoms with Crippen molar-refractivity contribution in [3.8, 4) is 0 Å². The summed E-state index contributed by atoms with van der Waals surface area (Å²) >= 11 is 0. The van der Waals surface area contributed by atoms with Crippen LogP contribution in [-0.2, 0) is 4.79 Å². The molecule has 0 bridgehead atoms. The van der Waals surface area contributed by atoms with E-state index in [9.17, 15) is 4.79 Å². The fourth-order valence-corrected chi connectivity index (χ4v) is 1.82. The van der Waals surface area contributed by atoms with Gasteiger partial charge in [0.15, 0.2) is 0 Å². The van der Waals surface area contributed by atoms with Crippen molar-refractivity contribution >= 4 is 5.97 Å². The highest BCUT2D eigenvalue weighted by molar-refractivity contribution is 5.77. The topological polar surface area (TPSA) is 63.3 Å². The van der Waals surface area contributed by atoms with Crippen molar-refractivity contribution < 1.29 is 11.3 Å². The van der Waals surface area contributed by atoms with Gasteiger partial charge in [-0.2, -0.15) is 0 Å². The quantitative estimate of drug-likeness (QED) is 0.706. The van der Waals surface area contributed by atoms with Crippen LogP contribution in [0.1, 0.15) is 46.8 Å². The van der Waals surface area contributed by atoms with Crippen LogP contribution in [-0.4, -0.2) is 16.6 Å². The van der Waals surface area contributed by atoms with Gasteiger partial charge in [-0.15, -0.1) is 0 Å². The van der Waals surface area contributed by atoms with Gasteiger partial charge in [0.25, 0.3) is 0 Å². The van der Waals surface area contributed by atoms with E-state index in [1.807, 2.05) is 0 Å². The molecular weight excluding hydrogens is 166 g/mol. The summed E-state index contributed by atoms with van der Waals surface area (Å²) in [7, 11) is 0. The van der Waals surface area contributed by atoms with E-state index in [1.165, 1.54) is 6.92 Å². The monoisotopic (exact) mass is 186 g/mol. The molecule has 3 nitrogen and oxygen atoms in total. The van der Waals surface area contributed by atoms with E-state index in [0.29, 0.717) is 0 Å². The van der Waals surface area contributed by atoms with E-state index in [-0.39, 0.29) is 6.42 Å². The van der Waals surface area contributed by atoms with Crippen LogP contribution in [0.2, 0.25) is 0 Å². The molecule has 3 N–H and O–H groups in total. The van der Waals surface area contributed by atoms with Crippen LogP contribution in [0.3, 0.4) is 0 Å². The van der Waals surface area contributed by atoms with Crippen molar-refractivity contribution in [1.29, 1.82) is 0 Å². The molecule has 13 heavy (non-hydrogen) atoms. The number of carbonyl (C=O) groups is 1. The second-order valence-electron chi connectivity index (χ2n) is 4.21. The maximum atomic E-state index is 10.8. The van der Waals surface area contributed by atoms with Gasteiger partial charge in [-0.1, -0.05) is 32.1 Å². The van der Waals surface area contributed by atoms with E-state index in [4.69, 9.17) is 12.2 Å². The van der Waals surface area contributed by atoms with Gasteiger partial charge in [-0.3, -0.25) is 4.79 Å². The molecule has 3 heteroatoms. The average molecular weight is 186 g/mol. The van der Waals surface area contributed by atoms with Crippen molar-refractivity contribution in [3.63, 3.8) is 0 Å². The molecule has 0 aliphatic heterocycles. The third-order valence-electron chi connectivity index (χ3n) is 2.67. The molecule has 0 heterocycles. The molecule has 1 atom stereocenters. The molecule has 1 aliphatic rings. The largest absolute Gasteiger partial charge is 0.480 e. The van der Waals surface area contributed by atoms with Gasteiger partial charge < -0.3 is 10.8 Å². The van der Waals surface area contributed by atoms with Crippen LogP contribution in [0.25, 0.3) is 0 Å². The van der Waals surface area contributed by atoms with Crippen molar-refractivity contribution in [2.45, 2.75) is 51.0 Å². The molecule has 0 saturated heterocycles. The minimum atomic E-state index is -1.25. The first kappa shape index (κ1) is 9.00. The smallest absolute Gasteiger partial charge is 0.323 e. The molecule has 1 fully saturated rings. The van der Waals surface area contributed by atoms with Crippen molar-refractivity contribution in [3.05, 3.63) is 0 Å². The van der Waals surface area contributed by atoms with Crippen LogP contribution >= 0.6 is 0 Å². The summed E-state index contributed by atoms with van der Waals surface area (Å²) < 4.78 is 8.13. The summed E-state index contributed by atoms with van der Waals surface area (Å²) in [6, 6.07) is 0. The van der Waals surface area contributed by atoms with E-state index in [2.05, 4.69) is 0 Å². The maximum absolute atomic E-state index is 10.8. The Morgan fingerprint density at radius 2 is 2.15 bits per heavy atom. The lowest BCUT2D eigenvalue weighted by atomic mass is 9.80. The zero-order chi connectivity index (χ0) is 10.8. The molecule has 0 aromatic heterocycles. The Morgan fingerprint density at radius 3 is 2.62 bits per heavy atom. The number of nitrogens with two attached hydrogens (primary N) is 1. The predicted octanol–water partition coefficient (Wildman–Crippen LogP) is 1.76. The SMILES string of the molecule is [2H]C1(C[C@](C)(N)C(=O)O)CCCCC1. The first-order valence-corrected chi connectivity index (χ1v) is 4.88. The summed E-state index contributed by atoms with van der Waals surface area (Å²) in [5, 5.41) is 8.88. The average Bonchev–Trinajstić information content (AvgIpc) is 2.03. The van der Waals surface area contributed by atoms with Crippen molar-refractivity contribution in [2.75, 3.05) is 0 Å². The predicted molar refractivity (Wildman–Crippen MR) is 51.4 cm³/mol. The third-order valence-corrected chi connectivity index (χ3v) is 2.67. The molecule has 1 saturated carbocycles. The highest BCUT2D eigenvalue weighted by atomic mass is 16.4. The summed E-state index contributed by atoms with van der Waals surface area (Å²) in [6.45, 7) is 1.50. The van der Waals surface area contributed by atoms with Gasteiger partial charge in [0.05, 0.1) is 0 Å². The fourth-order valence-electron chi connectivity index (χ4n) is 1.82. The minimum absolute atomic E-state index is 0.259. The molecule has 1 rings (SSSR count). The van der Waals surface area contributed by atoms with E-state index < -0.39 is 17.4 Å². The molecule has 0 unspecified atom stereocenters. The minimum Gasteiger partial charge on any atom is -0.480 e. The Morgan fingerprint density at radius 1 is 1.62 bits per heavy atom. The standard InChI is InChI=1S/C10H19NO2/c1-10(11,9(12)13)7-8-5-3-2-4-6-8/h8H,2-7,11H2,1H3,(H,12,13)/t10-/m0/s1/i8D. The normalized spacial score (nSPS) is 27.4. The van der Waals surface area contributed by atoms with Crippen LogP contribution in [0.4, 0.5) is 0 Å². The Labute approximate surface area is 80.7 Å². The Bertz CT molecular complexity index is 222. The summed E-state index contributed by atoms with van der Waals surface area (Å²) in [5.41, 5.74) is 4.41. The molecule has 0 aromatic carbocycles. The molecule has 76 valence electrons. The number of aliphatic carboxylic acids is 1. The van der Waals surface area contributed by atoms with Gasteiger partial charge in [0.2, 0.25) is 0 Å². The van der Waals surface area contributed by atoms with Gasteiger partial charge >= 0.3 is 5.97 Å². The third kappa shape index (κ3) is 2.99. The highest BCUT2D eigenvalue weighted by Crippen LogP contribution is 2.29. The Kier molecular flexibility index (Phi) is 2.83. The lowest BCUT2D eigenvalue weighted by Gasteiger charge is -2.28. The lowest BCUT2D eigenvalue weighted by Crippen LogP contribution is -2.46. The molecule has 0 radical (unpaired) electrons. The van der Waals surface area contributed by atoms with Crippen LogP contribution in [0.5, 0.6) is 0 Å². The maximum Gasteiger partial charge on any atom is 0.323 e. The number of hydrogen-bond donors (Lipinski definition) is 2. The number of carboxylic acids is 1. The van der Waals surface area contributed by atoms with Gasteiger partial charge in [0, 0.05) is 1.37 Å². The van der Waals surface area contributed by atoms with Crippen LogP contribution in [0, 0.1) is 5.89 Å². The molecular formula is C10H19NO2. The summed E-state index contributed by atoms with van der Waals surface area (Å²) in [6.07, 6.45) is 5.04. The lowest BCUT2D eigenvalue weighted by molar-refractivity contribution is -0.143. The van der Waals surface area contributed by atoms with E-state index >= 15 is 0 Å². The second-order valence-corrected chi connectivity index (χ2v) is 4.21. The number of rotatable bonds is 3. The summed E-state index contributed by atoms with van der Waals surface area (Å²) in [5.74, 6) is -1.62.